The monoisotopic (exact) mass is 434 g/mol. The molecule has 2 aromatic carbocycles. The molecule has 0 aromatic heterocycles. The van der Waals surface area contributed by atoms with E-state index in [9.17, 15) is 19.4 Å². The van der Waals surface area contributed by atoms with Crippen molar-refractivity contribution < 1.29 is 28.6 Å². The van der Waals surface area contributed by atoms with Crippen LogP contribution in [0.5, 0.6) is 5.75 Å². The van der Waals surface area contributed by atoms with Gasteiger partial charge in [0.25, 0.3) is 5.91 Å². The lowest BCUT2D eigenvalue weighted by Gasteiger charge is -2.34. The first-order chi connectivity index (χ1) is 14.2. The molecule has 30 heavy (non-hydrogen) atoms. The van der Waals surface area contributed by atoms with Crippen molar-refractivity contribution in [3.05, 3.63) is 42.5 Å². The molecule has 0 bridgehead atoms. The van der Waals surface area contributed by atoms with E-state index in [4.69, 9.17) is 9.26 Å². The second kappa shape index (κ2) is 9.16. The standard InChI is InChI=1S/C21H27N2O6P/c1-14(2)28-21(25)15(3)22-30(27,19-12-7-13-23(26)20(19)24)29-18-11-6-9-16-8-4-5-10-17(16)18/h4-6,8-11,14-15,19,26H,7,12-13H2,1-3H3,(H,22,27)/t15-,19?,30?/m0/s1. The molecule has 1 fully saturated rings. The van der Waals surface area contributed by atoms with E-state index >= 15 is 0 Å². The van der Waals surface area contributed by atoms with Crippen LogP contribution in [0.4, 0.5) is 0 Å². The van der Waals surface area contributed by atoms with E-state index in [2.05, 4.69) is 5.09 Å². The molecule has 2 aromatic rings. The van der Waals surface area contributed by atoms with Gasteiger partial charge in [0.1, 0.15) is 17.5 Å². The molecule has 162 valence electrons. The molecule has 0 radical (unpaired) electrons. The fourth-order valence-electron chi connectivity index (χ4n) is 3.41. The molecule has 9 heteroatoms. The van der Waals surface area contributed by atoms with Crippen LogP contribution in [0, 0.1) is 0 Å². The van der Waals surface area contributed by atoms with Gasteiger partial charge in [0.2, 0.25) is 0 Å². The number of piperidine rings is 1. The molecule has 1 amide bonds. The summed E-state index contributed by atoms with van der Waals surface area (Å²) in [5.74, 6) is -0.964. The second-order valence-electron chi connectivity index (χ2n) is 7.62. The number of rotatable bonds is 7. The van der Waals surface area contributed by atoms with E-state index < -0.39 is 31.1 Å². The summed E-state index contributed by atoms with van der Waals surface area (Å²) in [4.78, 5) is 24.9. The highest BCUT2D eigenvalue weighted by atomic mass is 31.2. The molecule has 8 nitrogen and oxygen atoms in total. The van der Waals surface area contributed by atoms with E-state index in [-0.39, 0.29) is 19.1 Å². The van der Waals surface area contributed by atoms with Gasteiger partial charge in [-0.05, 0) is 45.1 Å². The Balaban J connectivity index is 1.97. The van der Waals surface area contributed by atoms with Crippen molar-refractivity contribution in [1.29, 1.82) is 0 Å². The number of hydrogen-bond acceptors (Lipinski definition) is 6. The summed E-state index contributed by atoms with van der Waals surface area (Å²) in [6, 6.07) is 11.8. The van der Waals surface area contributed by atoms with E-state index in [1.807, 2.05) is 30.3 Å². The summed E-state index contributed by atoms with van der Waals surface area (Å²) in [5.41, 5.74) is -1.12. The Morgan fingerprint density at radius 2 is 1.90 bits per heavy atom. The molecule has 1 saturated heterocycles. The van der Waals surface area contributed by atoms with Gasteiger partial charge in [0, 0.05) is 11.9 Å². The maximum atomic E-state index is 14.0. The summed E-state index contributed by atoms with van der Waals surface area (Å²) < 4.78 is 25.2. The minimum absolute atomic E-state index is 0.161. The highest BCUT2D eigenvalue weighted by Crippen LogP contribution is 2.52. The Hall–Kier alpha value is -2.41. The first-order valence-corrected chi connectivity index (χ1v) is 11.7. The Kier molecular flexibility index (Phi) is 6.81. The largest absolute Gasteiger partial charge is 0.462 e. The average molecular weight is 434 g/mol. The SMILES string of the molecule is CC(C)OC(=O)[C@H](C)NP(=O)(Oc1cccc2ccccc12)C1CCCN(O)C1=O. The maximum Gasteiger partial charge on any atom is 0.329 e. The molecular weight excluding hydrogens is 407 g/mol. The van der Waals surface area contributed by atoms with E-state index in [0.717, 1.165) is 10.8 Å². The molecule has 0 aliphatic carbocycles. The lowest BCUT2D eigenvalue weighted by Crippen LogP contribution is -2.47. The van der Waals surface area contributed by atoms with Crippen LogP contribution in [-0.4, -0.2) is 46.5 Å². The number of carbonyl (C=O) groups excluding carboxylic acids is 2. The predicted octanol–water partition coefficient (Wildman–Crippen LogP) is 3.72. The third-order valence-corrected chi connectivity index (χ3v) is 7.37. The predicted molar refractivity (Wildman–Crippen MR) is 113 cm³/mol. The van der Waals surface area contributed by atoms with Crippen LogP contribution >= 0.6 is 7.52 Å². The summed E-state index contributed by atoms with van der Waals surface area (Å²) in [5, 5.41) is 14.8. The summed E-state index contributed by atoms with van der Waals surface area (Å²) >= 11 is 0. The van der Waals surface area contributed by atoms with Crippen molar-refractivity contribution in [2.75, 3.05) is 6.54 Å². The zero-order valence-corrected chi connectivity index (χ0v) is 18.2. The molecule has 2 unspecified atom stereocenters. The van der Waals surface area contributed by atoms with Gasteiger partial charge in [-0.2, -0.15) is 0 Å². The Labute approximate surface area is 175 Å². The zero-order chi connectivity index (χ0) is 21.9. The second-order valence-corrected chi connectivity index (χ2v) is 9.88. The van der Waals surface area contributed by atoms with Gasteiger partial charge >= 0.3 is 13.5 Å². The number of amides is 1. The summed E-state index contributed by atoms with van der Waals surface area (Å²) in [7, 11) is -3.97. The molecule has 3 rings (SSSR count). The van der Waals surface area contributed by atoms with Gasteiger partial charge in [-0.15, -0.1) is 0 Å². The van der Waals surface area contributed by atoms with Crippen molar-refractivity contribution in [2.24, 2.45) is 0 Å². The number of hydroxylamine groups is 2. The van der Waals surface area contributed by atoms with Gasteiger partial charge in [-0.1, -0.05) is 36.4 Å². The first-order valence-electron chi connectivity index (χ1n) is 9.97. The lowest BCUT2D eigenvalue weighted by molar-refractivity contribution is -0.169. The highest BCUT2D eigenvalue weighted by Gasteiger charge is 2.46. The molecule has 0 spiro atoms. The zero-order valence-electron chi connectivity index (χ0n) is 17.3. The van der Waals surface area contributed by atoms with Crippen LogP contribution in [0.1, 0.15) is 33.6 Å². The van der Waals surface area contributed by atoms with Crippen LogP contribution in [0.3, 0.4) is 0 Å². The van der Waals surface area contributed by atoms with Crippen LogP contribution in [0.25, 0.3) is 10.8 Å². The summed E-state index contributed by atoms with van der Waals surface area (Å²) in [6.45, 7) is 5.10. The quantitative estimate of drug-likeness (QED) is 0.389. The third-order valence-electron chi connectivity index (χ3n) is 4.86. The number of hydrogen-bond donors (Lipinski definition) is 2. The van der Waals surface area contributed by atoms with E-state index in [0.29, 0.717) is 17.2 Å². The van der Waals surface area contributed by atoms with Crippen molar-refractivity contribution in [2.45, 2.75) is 51.4 Å². The van der Waals surface area contributed by atoms with Crippen molar-refractivity contribution in [3.8, 4) is 5.75 Å². The van der Waals surface area contributed by atoms with Crippen LogP contribution in [-0.2, 0) is 18.9 Å². The molecule has 0 saturated carbocycles. The highest BCUT2D eigenvalue weighted by molar-refractivity contribution is 7.59. The van der Waals surface area contributed by atoms with Crippen LogP contribution in [0.2, 0.25) is 0 Å². The minimum atomic E-state index is -3.97. The number of nitrogens with zero attached hydrogens (tertiary/aromatic N) is 1. The molecule has 1 aliphatic heterocycles. The van der Waals surface area contributed by atoms with Gasteiger partial charge in [-0.25, -0.2) is 10.2 Å². The van der Waals surface area contributed by atoms with Crippen LogP contribution < -0.4 is 9.61 Å². The molecule has 1 heterocycles. The Morgan fingerprint density at radius 1 is 1.20 bits per heavy atom. The van der Waals surface area contributed by atoms with Gasteiger partial charge < -0.3 is 9.26 Å². The number of esters is 1. The Bertz CT molecular complexity index is 974. The van der Waals surface area contributed by atoms with Gasteiger partial charge in [0.15, 0.2) is 0 Å². The first kappa shape index (κ1) is 22.3. The van der Waals surface area contributed by atoms with Crippen molar-refractivity contribution >= 4 is 30.2 Å². The summed E-state index contributed by atoms with van der Waals surface area (Å²) in [6.07, 6.45) is 0.378. The fraction of sp³-hybridized carbons (Fsp3) is 0.429. The topological polar surface area (TPSA) is 105 Å². The van der Waals surface area contributed by atoms with Crippen LogP contribution in [0.15, 0.2) is 42.5 Å². The van der Waals surface area contributed by atoms with Crippen molar-refractivity contribution in [1.82, 2.24) is 10.2 Å². The normalized spacial score (nSPS) is 20.1. The number of benzene rings is 2. The number of carbonyl (C=O) groups is 2. The molecule has 3 atom stereocenters. The molecule has 2 N–H and O–H groups in total. The van der Waals surface area contributed by atoms with Crippen molar-refractivity contribution in [3.63, 3.8) is 0 Å². The minimum Gasteiger partial charge on any atom is -0.462 e. The lowest BCUT2D eigenvalue weighted by atomic mass is 10.1. The number of fused-ring (bicyclic) bond motifs is 1. The average Bonchev–Trinajstić information content (AvgIpc) is 2.69. The molecular formula is C21H27N2O6P. The molecule has 1 aliphatic rings. The number of nitrogens with one attached hydrogen (secondary N) is 1. The smallest absolute Gasteiger partial charge is 0.329 e. The van der Waals surface area contributed by atoms with E-state index in [1.54, 1.807) is 26.0 Å². The van der Waals surface area contributed by atoms with Gasteiger partial charge in [-0.3, -0.25) is 19.4 Å². The van der Waals surface area contributed by atoms with Gasteiger partial charge in [0.05, 0.1) is 6.10 Å². The maximum absolute atomic E-state index is 14.0. The fourth-order valence-corrected chi connectivity index (χ4v) is 5.82. The van der Waals surface area contributed by atoms with E-state index in [1.165, 1.54) is 6.92 Å². The third kappa shape index (κ3) is 4.83. The number of ether oxygens (including phenoxy) is 1. The Morgan fingerprint density at radius 3 is 2.63 bits per heavy atom.